The van der Waals surface area contributed by atoms with Gasteiger partial charge in [0.05, 0.1) is 0 Å². The quantitative estimate of drug-likeness (QED) is 0.521. The summed E-state index contributed by atoms with van der Waals surface area (Å²) < 4.78 is 0. The molecule has 0 amide bonds. The Hall–Kier alpha value is -0.520. The van der Waals surface area contributed by atoms with Crippen molar-refractivity contribution in [2.24, 2.45) is 17.8 Å². The molecule has 0 N–H and O–H groups in total. The highest BCUT2D eigenvalue weighted by molar-refractivity contribution is 5.26. The predicted molar refractivity (Wildman–Crippen MR) is 85.2 cm³/mol. The van der Waals surface area contributed by atoms with Crippen LogP contribution in [0, 0.1) is 17.8 Å². The Bertz CT molecular complexity index is 332. The summed E-state index contributed by atoms with van der Waals surface area (Å²) in [6, 6.07) is 0. The van der Waals surface area contributed by atoms with Crippen molar-refractivity contribution >= 4 is 0 Å². The first kappa shape index (κ1) is 14.9. The molecule has 0 aromatic carbocycles. The molecule has 1 fully saturated rings. The van der Waals surface area contributed by atoms with Crippen molar-refractivity contribution in [3.8, 4) is 0 Å². The molecule has 0 radical (unpaired) electrons. The highest BCUT2D eigenvalue weighted by Crippen LogP contribution is 2.35. The average molecular weight is 260 g/mol. The van der Waals surface area contributed by atoms with Gasteiger partial charge in [0.15, 0.2) is 0 Å². The lowest BCUT2D eigenvalue weighted by Gasteiger charge is -2.19. The maximum Gasteiger partial charge on any atom is -0.0282 e. The molecule has 2 unspecified atom stereocenters. The van der Waals surface area contributed by atoms with Crippen molar-refractivity contribution in [1.82, 2.24) is 0 Å². The number of allylic oxidation sites excluding steroid dienone is 4. The minimum absolute atomic E-state index is 0.885. The van der Waals surface area contributed by atoms with E-state index in [0.717, 1.165) is 17.8 Å². The third-order valence-corrected chi connectivity index (χ3v) is 4.93. The maximum atomic E-state index is 2.46. The zero-order chi connectivity index (χ0) is 13.7. The van der Waals surface area contributed by atoms with E-state index in [2.05, 4.69) is 32.9 Å². The van der Waals surface area contributed by atoms with E-state index in [0.29, 0.717) is 0 Å². The van der Waals surface area contributed by atoms with Gasteiger partial charge in [-0.3, -0.25) is 0 Å². The summed E-state index contributed by atoms with van der Waals surface area (Å²) in [5.74, 6) is 2.89. The molecule has 2 rings (SSSR count). The van der Waals surface area contributed by atoms with Gasteiger partial charge in [-0.1, -0.05) is 62.8 Å². The molecule has 0 heterocycles. The third-order valence-electron chi connectivity index (χ3n) is 4.93. The van der Waals surface area contributed by atoms with Gasteiger partial charge < -0.3 is 0 Å². The van der Waals surface area contributed by atoms with Crippen LogP contribution in [0.4, 0.5) is 0 Å². The standard InChI is InChI=1S/C19H32/c1-15(2)12-17-7-5-8-18(11-10-17)14-19-9-4-6-16(3)13-19/h6,13,15,17-18H,4-5,7-12,14H2,1-3H3. The molecular weight excluding hydrogens is 228 g/mol. The lowest BCUT2D eigenvalue weighted by Crippen LogP contribution is -2.05. The number of hydrogen-bond donors (Lipinski definition) is 0. The fourth-order valence-corrected chi connectivity index (χ4v) is 4.03. The SMILES string of the molecule is CC1=CCCC(CC2CCCC(CC(C)C)CC2)=C1. The highest BCUT2D eigenvalue weighted by atomic mass is 14.3. The Balaban J connectivity index is 1.81. The van der Waals surface area contributed by atoms with E-state index in [4.69, 9.17) is 0 Å². The molecule has 0 heteroatoms. The van der Waals surface area contributed by atoms with Gasteiger partial charge in [-0.15, -0.1) is 0 Å². The van der Waals surface area contributed by atoms with Crippen LogP contribution in [-0.2, 0) is 0 Å². The van der Waals surface area contributed by atoms with E-state index in [1.54, 1.807) is 5.57 Å². The van der Waals surface area contributed by atoms with Gasteiger partial charge in [-0.05, 0) is 56.8 Å². The maximum absolute atomic E-state index is 2.46. The van der Waals surface area contributed by atoms with Crippen molar-refractivity contribution in [3.05, 3.63) is 23.3 Å². The summed E-state index contributed by atoms with van der Waals surface area (Å²) in [6.45, 7) is 7.01. The van der Waals surface area contributed by atoms with E-state index in [1.165, 1.54) is 63.4 Å². The topological polar surface area (TPSA) is 0 Å². The molecule has 0 nitrogen and oxygen atoms in total. The molecule has 0 aromatic rings. The second-order valence-corrected chi connectivity index (χ2v) is 7.36. The summed E-state index contributed by atoms with van der Waals surface area (Å²) in [5, 5.41) is 0. The molecule has 108 valence electrons. The second-order valence-electron chi connectivity index (χ2n) is 7.36. The summed E-state index contributed by atoms with van der Waals surface area (Å²) >= 11 is 0. The van der Waals surface area contributed by atoms with E-state index >= 15 is 0 Å². The molecule has 2 aliphatic rings. The lowest BCUT2D eigenvalue weighted by molar-refractivity contribution is 0.361. The van der Waals surface area contributed by atoms with Gasteiger partial charge >= 0.3 is 0 Å². The van der Waals surface area contributed by atoms with Crippen LogP contribution >= 0.6 is 0 Å². The van der Waals surface area contributed by atoms with Crippen LogP contribution < -0.4 is 0 Å². The Morgan fingerprint density at radius 1 is 1.11 bits per heavy atom. The van der Waals surface area contributed by atoms with E-state index < -0.39 is 0 Å². The Morgan fingerprint density at radius 2 is 1.84 bits per heavy atom. The molecule has 19 heavy (non-hydrogen) atoms. The molecule has 0 aliphatic heterocycles. The van der Waals surface area contributed by atoms with Crippen LogP contribution in [0.25, 0.3) is 0 Å². The Morgan fingerprint density at radius 3 is 2.58 bits per heavy atom. The van der Waals surface area contributed by atoms with Gasteiger partial charge in [-0.2, -0.15) is 0 Å². The Kier molecular flexibility index (Phi) is 5.73. The Labute approximate surface area is 120 Å². The molecule has 0 saturated heterocycles. The van der Waals surface area contributed by atoms with Crippen LogP contribution in [0.3, 0.4) is 0 Å². The zero-order valence-electron chi connectivity index (χ0n) is 13.3. The summed E-state index contributed by atoms with van der Waals surface area (Å²) in [6.07, 6.45) is 17.7. The zero-order valence-corrected chi connectivity index (χ0v) is 13.3. The molecule has 0 spiro atoms. The molecule has 0 aromatic heterocycles. The van der Waals surface area contributed by atoms with Crippen LogP contribution in [-0.4, -0.2) is 0 Å². The minimum atomic E-state index is 0.885. The molecule has 2 aliphatic carbocycles. The van der Waals surface area contributed by atoms with Gasteiger partial charge in [-0.25, -0.2) is 0 Å². The van der Waals surface area contributed by atoms with Crippen LogP contribution in [0.2, 0.25) is 0 Å². The third kappa shape index (κ3) is 5.16. The molecular formula is C19H32. The fraction of sp³-hybridized carbons (Fsp3) is 0.789. The number of rotatable bonds is 4. The van der Waals surface area contributed by atoms with E-state index in [-0.39, 0.29) is 0 Å². The number of hydrogen-bond acceptors (Lipinski definition) is 0. The molecule has 0 bridgehead atoms. The average Bonchev–Trinajstić information content (AvgIpc) is 2.54. The smallest absolute Gasteiger partial charge is 0.0282 e. The normalized spacial score (nSPS) is 28.8. The van der Waals surface area contributed by atoms with Crippen molar-refractivity contribution in [3.63, 3.8) is 0 Å². The largest absolute Gasteiger partial charge is 0.0813 e. The van der Waals surface area contributed by atoms with Crippen molar-refractivity contribution in [2.45, 2.75) is 78.6 Å². The van der Waals surface area contributed by atoms with Crippen LogP contribution in [0.1, 0.15) is 78.6 Å². The van der Waals surface area contributed by atoms with Crippen LogP contribution in [0.5, 0.6) is 0 Å². The predicted octanol–water partition coefficient (Wildman–Crippen LogP) is 6.29. The van der Waals surface area contributed by atoms with Crippen molar-refractivity contribution in [2.75, 3.05) is 0 Å². The van der Waals surface area contributed by atoms with Gasteiger partial charge in [0, 0.05) is 0 Å². The summed E-state index contributed by atoms with van der Waals surface area (Å²) in [5.41, 5.74) is 3.22. The fourth-order valence-electron chi connectivity index (χ4n) is 4.03. The summed E-state index contributed by atoms with van der Waals surface area (Å²) in [7, 11) is 0. The lowest BCUT2D eigenvalue weighted by atomic mass is 9.87. The first-order chi connectivity index (χ1) is 9.13. The van der Waals surface area contributed by atoms with Gasteiger partial charge in [0.1, 0.15) is 0 Å². The van der Waals surface area contributed by atoms with E-state index in [9.17, 15) is 0 Å². The first-order valence-electron chi connectivity index (χ1n) is 8.49. The van der Waals surface area contributed by atoms with Crippen molar-refractivity contribution < 1.29 is 0 Å². The molecule has 1 saturated carbocycles. The second kappa shape index (κ2) is 7.31. The minimum Gasteiger partial charge on any atom is -0.0813 e. The van der Waals surface area contributed by atoms with Gasteiger partial charge in [0.25, 0.3) is 0 Å². The van der Waals surface area contributed by atoms with Gasteiger partial charge in [0.2, 0.25) is 0 Å². The monoisotopic (exact) mass is 260 g/mol. The summed E-state index contributed by atoms with van der Waals surface area (Å²) in [4.78, 5) is 0. The molecule has 2 atom stereocenters. The first-order valence-corrected chi connectivity index (χ1v) is 8.49. The van der Waals surface area contributed by atoms with E-state index in [1.807, 2.05) is 0 Å². The van der Waals surface area contributed by atoms with Crippen LogP contribution in [0.15, 0.2) is 23.3 Å². The van der Waals surface area contributed by atoms with Crippen molar-refractivity contribution in [1.29, 1.82) is 0 Å². The highest BCUT2D eigenvalue weighted by Gasteiger charge is 2.20.